The molecule has 2 unspecified atom stereocenters. The molecule has 2 aromatic carbocycles. The fraction of sp³-hybridized carbons (Fsp3) is 0.333. The predicted molar refractivity (Wildman–Crippen MR) is 123 cm³/mol. The largest absolute Gasteiger partial charge is 0.356 e. The third-order valence-electron chi connectivity index (χ3n) is 6.03. The number of aromatic amines is 1. The summed E-state index contributed by atoms with van der Waals surface area (Å²) in [6, 6.07) is 14.4. The van der Waals surface area contributed by atoms with Crippen LogP contribution >= 0.6 is 11.6 Å². The van der Waals surface area contributed by atoms with E-state index in [2.05, 4.69) is 20.5 Å². The summed E-state index contributed by atoms with van der Waals surface area (Å²) in [6.45, 7) is 1.61. The van der Waals surface area contributed by atoms with E-state index in [0.29, 0.717) is 12.2 Å². The number of H-pyrrole nitrogens is 1. The Morgan fingerprint density at radius 1 is 1.19 bits per heavy atom. The Labute approximate surface area is 191 Å². The van der Waals surface area contributed by atoms with E-state index in [1.165, 1.54) is 6.07 Å². The van der Waals surface area contributed by atoms with Gasteiger partial charge in [-0.05, 0) is 55.8 Å². The number of fused-ring (bicyclic) bond motifs is 1. The highest BCUT2D eigenvalue weighted by Gasteiger charge is 2.33. The third-order valence-corrected chi connectivity index (χ3v) is 6.34. The standard InChI is InChI=1S/C24H26ClFN4O2/c1-30-11-9-17(23(30)16-6-7-18(25)19(26)12-16)14-28-22(31)8-10-27-24(32)21-13-15-4-2-3-5-20(15)29-21/h2-7,12-13,17,23,29H,8-11,14H2,1H3,(H,27,32)(H,28,31). The Bertz CT molecular complexity index is 1100. The van der Waals surface area contributed by atoms with Gasteiger partial charge in [0.1, 0.15) is 11.5 Å². The molecule has 2 atom stereocenters. The summed E-state index contributed by atoms with van der Waals surface area (Å²) in [5.74, 6) is -0.628. The van der Waals surface area contributed by atoms with Crippen LogP contribution in [0.5, 0.6) is 0 Å². The highest BCUT2D eigenvalue weighted by molar-refractivity contribution is 6.30. The van der Waals surface area contributed by atoms with E-state index in [1.54, 1.807) is 12.1 Å². The normalized spacial score (nSPS) is 18.7. The Balaban J connectivity index is 1.26. The maximum absolute atomic E-state index is 13.9. The van der Waals surface area contributed by atoms with E-state index in [1.807, 2.05) is 37.4 Å². The number of benzene rings is 2. The lowest BCUT2D eigenvalue weighted by Gasteiger charge is -2.26. The number of nitrogens with zero attached hydrogens (tertiary/aromatic N) is 1. The lowest BCUT2D eigenvalue weighted by molar-refractivity contribution is -0.121. The molecule has 32 heavy (non-hydrogen) atoms. The van der Waals surface area contributed by atoms with Crippen LogP contribution in [0.25, 0.3) is 10.9 Å². The summed E-state index contributed by atoms with van der Waals surface area (Å²) >= 11 is 5.82. The zero-order chi connectivity index (χ0) is 22.7. The van der Waals surface area contributed by atoms with Crippen molar-refractivity contribution in [1.82, 2.24) is 20.5 Å². The van der Waals surface area contributed by atoms with Gasteiger partial charge in [0.2, 0.25) is 5.91 Å². The highest BCUT2D eigenvalue weighted by atomic mass is 35.5. The van der Waals surface area contributed by atoms with Crippen molar-refractivity contribution in [2.45, 2.75) is 18.9 Å². The molecule has 2 amide bonds. The number of halogens is 2. The van der Waals surface area contributed by atoms with Gasteiger partial charge >= 0.3 is 0 Å². The fourth-order valence-electron chi connectivity index (χ4n) is 4.38. The van der Waals surface area contributed by atoms with Gasteiger partial charge in [0.05, 0.1) is 5.02 Å². The molecule has 1 aliphatic rings. The Hall–Kier alpha value is -2.90. The van der Waals surface area contributed by atoms with Crippen LogP contribution in [-0.4, -0.2) is 48.4 Å². The summed E-state index contributed by atoms with van der Waals surface area (Å²) in [4.78, 5) is 29.9. The van der Waals surface area contributed by atoms with Crippen molar-refractivity contribution in [3.05, 3.63) is 70.6 Å². The Morgan fingerprint density at radius 2 is 2.00 bits per heavy atom. The van der Waals surface area contributed by atoms with Gasteiger partial charge in [-0.1, -0.05) is 35.9 Å². The first-order chi connectivity index (χ1) is 15.4. The molecule has 4 rings (SSSR count). The zero-order valence-electron chi connectivity index (χ0n) is 17.8. The van der Waals surface area contributed by atoms with Crippen molar-refractivity contribution in [1.29, 1.82) is 0 Å². The number of hydrogen-bond acceptors (Lipinski definition) is 3. The number of likely N-dealkylation sites (tertiary alicyclic amines) is 1. The summed E-state index contributed by atoms with van der Waals surface area (Å²) in [5.41, 5.74) is 2.22. The van der Waals surface area contributed by atoms with Gasteiger partial charge in [-0.15, -0.1) is 0 Å². The van der Waals surface area contributed by atoms with Gasteiger partial charge in [-0.2, -0.15) is 0 Å². The number of hydrogen-bond donors (Lipinski definition) is 3. The van der Waals surface area contributed by atoms with Crippen molar-refractivity contribution in [2.24, 2.45) is 5.92 Å². The Kier molecular flexibility index (Phi) is 6.77. The van der Waals surface area contributed by atoms with E-state index >= 15 is 0 Å². The number of rotatable bonds is 7. The van der Waals surface area contributed by atoms with Gasteiger partial charge in [-0.25, -0.2) is 4.39 Å². The number of carbonyl (C=O) groups excluding carboxylic acids is 2. The van der Waals surface area contributed by atoms with Crippen molar-refractivity contribution in [2.75, 3.05) is 26.7 Å². The first-order valence-corrected chi connectivity index (χ1v) is 11.1. The average molecular weight is 457 g/mol. The van der Waals surface area contributed by atoms with Crippen molar-refractivity contribution < 1.29 is 14.0 Å². The van der Waals surface area contributed by atoms with Crippen molar-refractivity contribution >= 4 is 34.3 Å². The highest BCUT2D eigenvalue weighted by Crippen LogP contribution is 2.36. The monoisotopic (exact) mass is 456 g/mol. The van der Waals surface area contributed by atoms with Gasteiger partial charge in [0.15, 0.2) is 0 Å². The third kappa shape index (κ3) is 4.95. The number of amides is 2. The minimum Gasteiger partial charge on any atom is -0.356 e. The van der Waals surface area contributed by atoms with E-state index in [9.17, 15) is 14.0 Å². The second-order valence-corrected chi connectivity index (χ2v) is 8.64. The first-order valence-electron chi connectivity index (χ1n) is 10.7. The maximum atomic E-state index is 13.9. The van der Waals surface area contributed by atoms with Crippen LogP contribution in [0.4, 0.5) is 4.39 Å². The van der Waals surface area contributed by atoms with Crippen molar-refractivity contribution in [3.8, 4) is 0 Å². The molecule has 0 saturated carbocycles. The molecule has 0 spiro atoms. The SMILES string of the molecule is CN1CCC(CNC(=O)CCNC(=O)c2cc3ccccc3[nH]2)C1c1ccc(Cl)c(F)c1. The number of aromatic nitrogens is 1. The summed E-state index contributed by atoms with van der Waals surface area (Å²) in [6.07, 6.45) is 1.09. The molecule has 3 aromatic rings. The predicted octanol–water partition coefficient (Wildman–Crippen LogP) is 3.89. The first kappa shape index (κ1) is 22.3. The van der Waals surface area contributed by atoms with Gasteiger partial charge in [0.25, 0.3) is 5.91 Å². The molecule has 2 heterocycles. The molecule has 0 aliphatic carbocycles. The van der Waals surface area contributed by atoms with Crippen LogP contribution < -0.4 is 10.6 Å². The van der Waals surface area contributed by atoms with Gasteiger partial charge in [-0.3, -0.25) is 14.5 Å². The molecule has 1 aromatic heterocycles. The number of para-hydroxylation sites is 1. The van der Waals surface area contributed by atoms with E-state index in [-0.39, 0.29) is 41.8 Å². The van der Waals surface area contributed by atoms with Crippen LogP contribution in [0.2, 0.25) is 5.02 Å². The lowest BCUT2D eigenvalue weighted by atomic mass is 9.93. The molecular weight excluding hydrogens is 431 g/mol. The summed E-state index contributed by atoms with van der Waals surface area (Å²) in [7, 11) is 2.00. The fourth-order valence-corrected chi connectivity index (χ4v) is 4.49. The summed E-state index contributed by atoms with van der Waals surface area (Å²) < 4.78 is 13.9. The molecular formula is C24H26ClFN4O2. The van der Waals surface area contributed by atoms with E-state index < -0.39 is 5.82 Å². The minimum atomic E-state index is -0.432. The van der Waals surface area contributed by atoms with Crippen LogP contribution in [0.15, 0.2) is 48.5 Å². The van der Waals surface area contributed by atoms with E-state index in [0.717, 1.165) is 29.4 Å². The van der Waals surface area contributed by atoms with Gasteiger partial charge < -0.3 is 15.6 Å². The molecule has 0 radical (unpaired) electrons. The van der Waals surface area contributed by atoms with Gasteiger partial charge in [0, 0.05) is 36.5 Å². The lowest BCUT2D eigenvalue weighted by Crippen LogP contribution is -2.35. The van der Waals surface area contributed by atoms with Crippen molar-refractivity contribution in [3.63, 3.8) is 0 Å². The molecule has 168 valence electrons. The molecule has 6 nitrogen and oxygen atoms in total. The van der Waals surface area contributed by atoms with Crippen LogP contribution in [0, 0.1) is 11.7 Å². The second-order valence-electron chi connectivity index (χ2n) is 8.23. The van der Waals surface area contributed by atoms with Crippen LogP contribution in [-0.2, 0) is 4.79 Å². The molecule has 1 saturated heterocycles. The molecule has 0 bridgehead atoms. The number of nitrogens with one attached hydrogen (secondary N) is 3. The second kappa shape index (κ2) is 9.71. The van der Waals surface area contributed by atoms with Crippen LogP contribution in [0.3, 0.4) is 0 Å². The smallest absolute Gasteiger partial charge is 0.267 e. The molecule has 3 N–H and O–H groups in total. The molecule has 1 fully saturated rings. The molecule has 8 heteroatoms. The average Bonchev–Trinajstić information content (AvgIpc) is 3.37. The minimum absolute atomic E-state index is 0.0174. The topological polar surface area (TPSA) is 77.2 Å². The van der Waals surface area contributed by atoms with E-state index in [4.69, 9.17) is 11.6 Å². The van der Waals surface area contributed by atoms with Crippen LogP contribution in [0.1, 0.15) is 34.9 Å². The maximum Gasteiger partial charge on any atom is 0.267 e. The summed E-state index contributed by atoms with van der Waals surface area (Å²) in [5, 5.41) is 6.81. The Morgan fingerprint density at radius 3 is 2.78 bits per heavy atom. The zero-order valence-corrected chi connectivity index (χ0v) is 18.6. The quantitative estimate of drug-likeness (QED) is 0.504. The molecule has 1 aliphatic heterocycles. The number of carbonyl (C=O) groups is 2.